The Kier molecular flexibility index (Phi) is 4.80. The number of carbonyl (C=O) groups is 1. The van der Waals surface area contributed by atoms with Crippen molar-refractivity contribution in [3.8, 4) is 0 Å². The lowest BCUT2D eigenvalue weighted by Gasteiger charge is -2.35. The summed E-state index contributed by atoms with van der Waals surface area (Å²) in [5, 5.41) is 1.77. The minimum absolute atomic E-state index is 0.0930. The smallest absolute Gasteiger partial charge is 0.252 e. The van der Waals surface area contributed by atoms with Crippen LogP contribution in [-0.4, -0.2) is 49.7 Å². The molecule has 23 heavy (non-hydrogen) atoms. The second kappa shape index (κ2) is 6.53. The van der Waals surface area contributed by atoms with Gasteiger partial charge < -0.3 is 4.90 Å². The van der Waals surface area contributed by atoms with E-state index in [4.69, 9.17) is 0 Å². The van der Waals surface area contributed by atoms with Gasteiger partial charge in [-0.1, -0.05) is 6.07 Å². The fourth-order valence-electron chi connectivity index (χ4n) is 3.28. The molecule has 2 aliphatic rings. The first-order valence-corrected chi connectivity index (χ1v) is 10.5. The zero-order valence-corrected chi connectivity index (χ0v) is 15.3. The normalized spacial score (nSPS) is 24.3. The number of thiophene rings is 1. The number of nitrogens with zero attached hydrogens (tertiary/aromatic N) is 2. The molecule has 0 spiro atoms. The highest BCUT2D eigenvalue weighted by Gasteiger charge is 2.38. The number of carbonyl (C=O) groups excluding carboxylic acids is 1. The third kappa shape index (κ3) is 3.46. The Morgan fingerprint density at radius 2 is 2.13 bits per heavy atom. The minimum atomic E-state index is -3.45. The van der Waals surface area contributed by atoms with E-state index in [9.17, 15) is 13.2 Å². The lowest BCUT2D eigenvalue weighted by atomic mass is 9.97. The molecular formula is C16H24N2O3S2. The van der Waals surface area contributed by atoms with E-state index in [-0.39, 0.29) is 17.9 Å². The molecule has 1 aliphatic carbocycles. The fraction of sp³-hybridized carbons (Fsp3) is 0.688. The standard InChI is InChI=1S/C16H24N2O3S2/c1-12(13-7-8-13)17(2)16(19)14-5-3-9-18(11-14)23(20,21)15-6-4-10-22-15/h4,6,10,12-14H,3,5,7-9,11H2,1-2H3. The van der Waals surface area contributed by atoms with Crippen LogP contribution in [0, 0.1) is 11.8 Å². The summed E-state index contributed by atoms with van der Waals surface area (Å²) in [6.45, 7) is 2.91. The summed E-state index contributed by atoms with van der Waals surface area (Å²) in [4.78, 5) is 14.6. The maximum absolute atomic E-state index is 12.7. The van der Waals surface area contributed by atoms with Crippen molar-refractivity contribution in [3.63, 3.8) is 0 Å². The second-order valence-electron chi connectivity index (χ2n) is 6.66. The van der Waals surface area contributed by atoms with Crippen molar-refractivity contribution in [2.45, 2.75) is 42.9 Å². The summed E-state index contributed by atoms with van der Waals surface area (Å²) in [6, 6.07) is 3.63. The van der Waals surface area contributed by atoms with Crippen molar-refractivity contribution in [1.29, 1.82) is 0 Å². The van der Waals surface area contributed by atoms with Gasteiger partial charge in [-0.15, -0.1) is 11.3 Å². The number of hydrogen-bond donors (Lipinski definition) is 0. The molecular weight excluding hydrogens is 332 g/mol. The summed E-state index contributed by atoms with van der Waals surface area (Å²) >= 11 is 1.23. The zero-order valence-electron chi connectivity index (χ0n) is 13.6. The molecule has 5 nitrogen and oxygen atoms in total. The molecule has 1 aliphatic heterocycles. The average molecular weight is 357 g/mol. The van der Waals surface area contributed by atoms with Crippen molar-refractivity contribution < 1.29 is 13.2 Å². The Balaban J connectivity index is 1.69. The van der Waals surface area contributed by atoms with E-state index in [1.165, 1.54) is 28.5 Å². The van der Waals surface area contributed by atoms with E-state index in [1.807, 2.05) is 11.9 Å². The summed E-state index contributed by atoms with van der Waals surface area (Å²) in [6.07, 6.45) is 3.91. The van der Waals surface area contributed by atoms with Crippen molar-refractivity contribution >= 4 is 27.3 Å². The monoisotopic (exact) mass is 356 g/mol. The topological polar surface area (TPSA) is 57.7 Å². The molecule has 1 saturated heterocycles. The van der Waals surface area contributed by atoms with Crippen LogP contribution in [0.1, 0.15) is 32.6 Å². The Bertz CT molecular complexity index is 653. The predicted octanol–water partition coefficient (Wildman–Crippen LogP) is 2.41. The van der Waals surface area contributed by atoms with E-state index in [1.54, 1.807) is 17.5 Å². The highest BCUT2D eigenvalue weighted by Crippen LogP contribution is 2.35. The van der Waals surface area contributed by atoms with Gasteiger partial charge in [-0.3, -0.25) is 4.79 Å². The van der Waals surface area contributed by atoms with Crippen molar-refractivity contribution in [3.05, 3.63) is 17.5 Å². The molecule has 2 unspecified atom stereocenters. The first-order chi connectivity index (χ1) is 10.9. The lowest BCUT2D eigenvalue weighted by Crippen LogP contribution is -2.48. The zero-order chi connectivity index (χ0) is 16.6. The molecule has 1 amide bonds. The van der Waals surface area contributed by atoms with E-state index >= 15 is 0 Å². The molecule has 0 bridgehead atoms. The molecule has 3 rings (SSSR count). The quantitative estimate of drug-likeness (QED) is 0.814. The molecule has 1 saturated carbocycles. The predicted molar refractivity (Wildman–Crippen MR) is 90.8 cm³/mol. The summed E-state index contributed by atoms with van der Waals surface area (Å²) in [7, 11) is -1.59. The van der Waals surface area contributed by atoms with Crippen LogP contribution in [-0.2, 0) is 14.8 Å². The van der Waals surface area contributed by atoms with Gasteiger partial charge in [-0.05, 0) is 50.0 Å². The van der Waals surface area contributed by atoms with Gasteiger partial charge in [0.1, 0.15) is 4.21 Å². The van der Waals surface area contributed by atoms with E-state index < -0.39 is 10.0 Å². The number of rotatable bonds is 5. The molecule has 0 radical (unpaired) electrons. The summed E-state index contributed by atoms with van der Waals surface area (Å²) in [5.41, 5.74) is 0. The largest absolute Gasteiger partial charge is 0.342 e. The molecule has 0 aromatic carbocycles. The maximum Gasteiger partial charge on any atom is 0.252 e. The van der Waals surface area contributed by atoms with E-state index in [0.29, 0.717) is 23.2 Å². The lowest BCUT2D eigenvalue weighted by molar-refractivity contribution is -0.137. The molecule has 2 heterocycles. The van der Waals surface area contributed by atoms with Gasteiger partial charge >= 0.3 is 0 Å². The molecule has 2 fully saturated rings. The Hall–Kier alpha value is -0.920. The first-order valence-electron chi connectivity index (χ1n) is 8.21. The van der Waals surface area contributed by atoms with Gasteiger partial charge in [0.15, 0.2) is 0 Å². The number of amides is 1. The minimum Gasteiger partial charge on any atom is -0.342 e. The molecule has 1 aromatic rings. The first kappa shape index (κ1) is 16.9. The van der Waals surface area contributed by atoms with Gasteiger partial charge in [-0.2, -0.15) is 4.31 Å². The number of piperidine rings is 1. The highest BCUT2D eigenvalue weighted by molar-refractivity contribution is 7.91. The average Bonchev–Trinajstić information content (AvgIpc) is 3.26. The molecule has 7 heteroatoms. The van der Waals surface area contributed by atoms with E-state index in [0.717, 1.165) is 12.8 Å². The second-order valence-corrected chi connectivity index (χ2v) is 9.77. The molecule has 1 aromatic heterocycles. The van der Waals surface area contributed by atoms with Crippen LogP contribution in [0.3, 0.4) is 0 Å². The molecule has 0 N–H and O–H groups in total. The van der Waals surface area contributed by atoms with Crippen LogP contribution in [0.15, 0.2) is 21.7 Å². The Labute approximate surface area is 142 Å². The van der Waals surface area contributed by atoms with Gasteiger partial charge in [0, 0.05) is 26.2 Å². The fourth-order valence-corrected chi connectivity index (χ4v) is 5.95. The van der Waals surface area contributed by atoms with Crippen molar-refractivity contribution in [1.82, 2.24) is 9.21 Å². The van der Waals surface area contributed by atoms with Gasteiger partial charge in [0.25, 0.3) is 10.0 Å². The maximum atomic E-state index is 12.7. The third-order valence-electron chi connectivity index (χ3n) is 5.09. The van der Waals surface area contributed by atoms with Gasteiger partial charge in [0.2, 0.25) is 5.91 Å². The summed E-state index contributed by atoms with van der Waals surface area (Å²) < 4.78 is 27.2. The number of sulfonamides is 1. The Morgan fingerprint density at radius 1 is 1.39 bits per heavy atom. The van der Waals surface area contributed by atoms with Crippen LogP contribution in [0.5, 0.6) is 0 Å². The Morgan fingerprint density at radius 3 is 2.74 bits per heavy atom. The van der Waals surface area contributed by atoms with Crippen molar-refractivity contribution in [2.24, 2.45) is 11.8 Å². The van der Waals surface area contributed by atoms with Crippen LogP contribution in [0.4, 0.5) is 0 Å². The van der Waals surface area contributed by atoms with Crippen LogP contribution < -0.4 is 0 Å². The van der Waals surface area contributed by atoms with Crippen LogP contribution in [0.2, 0.25) is 0 Å². The molecule has 128 valence electrons. The van der Waals surface area contributed by atoms with Crippen LogP contribution >= 0.6 is 11.3 Å². The van der Waals surface area contributed by atoms with Gasteiger partial charge in [-0.25, -0.2) is 8.42 Å². The SMILES string of the molecule is CC(C1CC1)N(C)C(=O)C1CCCN(S(=O)(=O)c2cccs2)C1. The number of hydrogen-bond acceptors (Lipinski definition) is 4. The molecule has 2 atom stereocenters. The van der Waals surface area contributed by atoms with Crippen molar-refractivity contribution in [2.75, 3.05) is 20.1 Å². The summed E-state index contributed by atoms with van der Waals surface area (Å²) in [5.74, 6) is 0.499. The van der Waals surface area contributed by atoms with E-state index in [2.05, 4.69) is 6.92 Å². The highest BCUT2D eigenvalue weighted by atomic mass is 32.2. The third-order valence-corrected chi connectivity index (χ3v) is 8.32. The van der Waals surface area contributed by atoms with Crippen LogP contribution in [0.25, 0.3) is 0 Å². The van der Waals surface area contributed by atoms with Gasteiger partial charge in [0.05, 0.1) is 5.92 Å².